The van der Waals surface area contributed by atoms with Crippen LogP contribution in [-0.4, -0.2) is 38.4 Å². The lowest BCUT2D eigenvalue weighted by atomic mass is 9.92. The van der Waals surface area contributed by atoms with Crippen LogP contribution in [0, 0.1) is 28.9 Å². The van der Waals surface area contributed by atoms with Crippen LogP contribution >= 0.6 is 11.6 Å². The van der Waals surface area contributed by atoms with Crippen molar-refractivity contribution in [1.82, 2.24) is 20.1 Å². The van der Waals surface area contributed by atoms with E-state index in [0.29, 0.717) is 36.3 Å². The lowest BCUT2D eigenvalue weighted by Crippen LogP contribution is -2.38. The molecule has 234 valence electrons. The summed E-state index contributed by atoms with van der Waals surface area (Å²) in [6, 6.07) is 13.0. The maximum Gasteiger partial charge on any atom is 0.320 e. The Balaban J connectivity index is 1.34. The largest absolute Gasteiger partial charge is 0.407 e. The Morgan fingerprint density at radius 3 is 2.80 bits per heavy atom. The number of nitrogens with zero attached hydrogens (tertiary/aromatic N) is 5. The topological polar surface area (TPSA) is 137 Å². The molecule has 4 aromatic rings. The zero-order valence-corrected chi connectivity index (χ0v) is 25.4. The van der Waals surface area contributed by atoms with Crippen molar-refractivity contribution >= 4 is 46.4 Å². The Bertz CT molecular complexity index is 1900. The number of carbonyl (C=O) groups excluding carboxylic acids is 2. The molecule has 0 radical (unpaired) electrons. The fraction of sp³-hybridized carbons (Fsp3) is 0.273. The molecule has 2 atom stereocenters. The second-order valence-corrected chi connectivity index (χ2v) is 11.6. The number of nitrogens with one attached hydrogen (secondary N) is 2. The van der Waals surface area contributed by atoms with Crippen molar-refractivity contribution < 1.29 is 22.8 Å². The molecule has 13 heteroatoms. The van der Waals surface area contributed by atoms with Gasteiger partial charge in [-0.05, 0) is 66.8 Å². The number of carbonyl (C=O) groups is 2. The van der Waals surface area contributed by atoms with E-state index in [1.165, 1.54) is 6.08 Å². The van der Waals surface area contributed by atoms with Crippen LogP contribution in [0.4, 0.5) is 26.2 Å². The molecule has 0 spiro atoms. The van der Waals surface area contributed by atoms with Gasteiger partial charge in [-0.2, -0.15) is 5.26 Å². The highest BCUT2D eigenvalue weighted by atomic mass is 35.5. The van der Waals surface area contributed by atoms with Gasteiger partial charge in [0.2, 0.25) is 17.7 Å². The number of nitriles is 1. The lowest BCUT2D eigenvalue weighted by molar-refractivity contribution is -0.129. The molecule has 0 fully saturated rings. The Morgan fingerprint density at radius 1 is 1.15 bits per heavy atom. The van der Waals surface area contributed by atoms with Gasteiger partial charge in [0.1, 0.15) is 12.2 Å². The van der Waals surface area contributed by atoms with Crippen molar-refractivity contribution in [3.8, 4) is 17.2 Å². The summed E-state index contributed by atoms with van der Waals surface area (Å²) in [6.45, 7) is 2.07. The number of fused-ring (bicyclic) bond motifs is 4. The van der Waals surface area contributed by atoms with Gasteiger partial charge in [0.15, 0.2) is 5.82 Å². The summed E-state index contributed by atoms with van der Waals surface area (Å²) < 4.78 is 34.8. The van der Waals surface area contributed by atoms with E-state index in [1.54, 1.807) is 23.2 Å². The number of hydrogen-bond donors (Lipinski definition) is 2. The van der Waals surface area contributed by atoms with Crippen molar-refractivity contribution in [1.29, 1.82) is 5.26 Å². The minimum Gasteiger partial charge on any atom is -0.407 e. The van der Waals surface area contributed by atoms with Crippen molar-refractivity contribution in [3.05, 3.63) is 88.5 Å². The van der Waals surface area contributed by atoms with Crippen molar-refractivity contribution in [2.24, 2.45) is 5.92 Å². The molecule has 2 aromatic heterocycles. The van der Waals surface area contributed by atoms with E-state index in [4.69, 9.17) is 21.3 Å². The number of amides is 2. The molecule has 10 nitrogen and oxygen atoms in total. The van der Waals surface area contributed by atoms with Crippen LogP contribution in [0.25, 0.3) is 16.7 Å². The van der Waals surface area contributed by atoms with Crippen molar-refractivity contribution in [2.75, 3.05) is 17.2 Å². The average molecular weight is 644 g/mol. The van der Waals surface area contributed by atoms with Crippen LogP contribution in [0.1, 0.15) is 55.8 Å². The van der Waals surface area contributed by atoms with Gasteiger partial charge in [0.25, 0.3) is 0 Å². The zero-order chi connectivity index (χ0) is 32.4. The maximum absolute atomic E-state index is 14.8. The molecule has 6 rings (SSSR count). The smallest absolute Gasteiger partial charge is 0.320 e. The number of hydrogen-bond acceptors (Lipinski definition) is 8. The number of halogens is 3. The molecule has 2 amide bonds. The number of anilines is 3. The number of rotatable bonds is 5. The summed E-state index contributed by atoms with van der Waals surface area (Å²) in [5, 5.41) is 22.5. The SMILES string of the molecule is C[C@@H]1CCC[C@H](N2CCC(c3c(F)ccc(Cl)c3F)=CC2=O)c2cc(ccn2)-c2ccc(Nc3nnc(CC#N)o3)cc2NC1=O. The van der Waals surface area contributed by atoms with Crippen molar-refractivity contribution in [3.63, 3.8) is 0 Å². The molecular weight excluding hydrogens is 616 g/mol. The van der Waals surface area contributed by atoms with Gasteiger partial charge in [-0.1, -0.05) is 36.1 Å². The Labute approximate surface area is 268 Å². The van der Waals surface area contributed by atoms with Crippen LogP contribution in [0.3, 0.4) is 0 Å². The van der Waals surface area contributed by atoms with Gasteiger partial charge in [-0.15, -0.1) is 5.10 Å². The molecule has 0 saturated heterocycles. The van der Waals surface area contributed by atoms with E-state index in [0.717, 1.165) is 23.3 Å². The van der Waals surface area contributed by atoms with E-state index >= 15 is 0 Å². The van der Waals surface area contributed by atoms with E-state index < -0.39 is 17.7 Å². The van der Waals surface area contributed by atoms with E-state index in [-0.39, 0.29) is 65.2 Å². The van der Waals surface area contributed by atoms with Crippen LogP contribution in [0.5, 0.6) is 0 Å². The quantitative estimate of drug-likeness (QED) is 0.222. The molecule has 46 heavy (non-hydrogen) atoms. The Morgan fingerprint density at radius 2 is 2.00 bits per heavy atom. The normalized spacial score (nSPS) is 18.4. The monoisotopic (exact) mass is 643 g/mol. The third-order valence-corrected chi connectivity index (χ3v) is 8.46. The van der Waals surface area contributed by atoms with Gasteiger partial charge < -0.3 is 20.0 Å². The molecule has 0 unspecified atom stereocenters. The molecule has 0 aliphatic carbocycles. The molecule has 2 N–H and O–H groups in total. The molecule has 2 aliphatic heterocycles. The summed E-state index contributed by atoms with van der Waals surface area (Å²) in [5.74, 6) is -2.37. The Kier molecular flexibility index (Phi) is 8.76. The molecule has 2 aromatic carbocycles. The molecule has 4 heterocycles. The second-order valence-electron chi connectivity index (χ2n) is 11.2. The highest BCUT2D eigenvalue weighted by molar-refractivity contribution is 6.31. The van der Waals surface area contributed by atoms with E-state index in [9.17, 15) is 18.4 Å². The van der Waals surface area contributed by atoms with Crippen molar-refractivity contribution in [2.45, 2.75) is 45.1 Å². The van der Waals surface area contributed by atoms with Crippen LogP contribution in [0.2, 0.25) is 5.02 Å². The highest BCUT2D eigenvalue weighted by Gasteiger charge is 2.31. The predicted molar refractivity (Wildman–Crippen MR) is 167 cm³/mol. The standard InChI is InChI=1S/C33H28ClF2N7O3/c1-18-3-2-4-27(43-14-11-20(16-29(43)44)30-24(35)8-7-23(34)31(30)36)26-15-19(10-13-38-26)22-6-5-21(17-25(22)40-32(18)45)39-33-42-41-28(46-33)9-12-37/h5-8,10,13,15-18,27H,2-4,9,11,14H2,1H3,(H,39,42)(H,40,45)/t18-,27+/m1/s1. The minimum atomic E-state index is -0.889. The number of pyridine rings is 1. The first-order valence-corrected chi connectivity index (χ1v) is 15.1. The van der Waals surface area contributed by atoms with Gasteiger partial charge in [-0.3, -0.25) is 14.6 Å². The fourth-order valence-electron chi connectivity index (χ4n) is 5.79. The first-order chi connectivity index (χ1) is 22.2. The Hall–Kier alpha value is -5.15. The molecule has 0 saturated carbocycles. The first-order valence-electron chi connectivity index (χ1n) is 14.7. The third-order valence-electron chi connectivity index (χ3n) is 8.17. The lowest BCUT2D eigenvalue weighted by Gasteiger charge is -2.34. The second kappa shape index (κ2) is 13.1. The minimum absolute atomic E-state index is 0.0162. The number of benzene rings is 2. The summed E-state index contributed by atoms with van der Waals surface area (Å²) in [6.07, 6.45) is 4.86. The van der Waals surface area contributed by atoms with Crippen LogP contribution in [0.15, 0.2) is 59.2 Å². The molecule has 2 bridgehead atoms. The summed E-state index contributed by atoms with van der Waals surface area (Å²) >= 11 is 5.91. The predicted octanol–water partition coefficient (Wildman–Crippen LogP) is 6.99. The molecular formula is C33H28ClF2N7O3. The maximum atomic E-state index is 14.8. The van der Waals surface area contributed by atoms with Crippen LogP contribution in [-0.2, 0) is 16.0 Å². The summed E-state index contributed by atoms with van der Waals surface area (Å²) in [4.78, 5) is 33.1. The summed E-state index contributed by atoms with van der Waals surface area (Å²) in [7, 11) is 0. The average Bonchev–Trinajstić information content (AvgIpc) is 3.48. The third kappa shape index (κ3) is 6.32. The number of aromatic nitrogens is 3. The fourth-order valence-corrected chi connectivity index (χ4v) is 5.95. The van der Waals surface area contributed by atoms with Gasteiger partial charge in [-0.25, -0.2) is 8.78 Å². The first kappa shape index (κ1) is 30.9. The van der Waals surface area contributed by atoms with Gasteiger partial charge in [0.05, 0.1) is 34.1 Å². The van der Waals surface area contributed by atoms with E-state index in [1.807, 2.05) is 31.2 Å². The highest BCUT2D eigenvalue weighted by Crippen LogP contribution is 2.38. The van der Waals surface area contributed by atoms with E-state index in [2.05, 4.69) is 25.8 Å². The zero-order valence-electron chi connectivity index (χ0n) is 24.7. The summed E-state index contributed by atoms with van der Waals surface area (Å²) in [5.41, 5.74) is 3.23. The molecule has 2 aliphatic rings. The van der Waals surface area contributed by atoms with Gasteiger partial charge in [0, 0.05) is 36.0 Å². The van der Waals surface area contributed by atoms with Crippen LogP contribution < -0.4 is 10.6 Å². The van der Waals surface area contributed by atoms with Gasteiger partial charge >= 0.3 is 6.01 Å².